The number of benzene rings is 1. The van der Waals surface area contributed by atoms with Crippen LogP contribution >= 0.6 is 11.3 Å². The van der Waals surface area contributed by atoms with Gasteiger partial charge in [0.2, 0.25) is 0 Å². The summed E-state index contributed by atoms with van der Waals surface area (Å²) >= 11 is 1.18. The van der Waals surface area contributed by atoms with Crippen molar-refractivity contribution in [1.29, 1.82) is 0 Å². The minimum atomic E-state index is -0.360. The third kappa shape index (κ3) is 3.54. The van der Waals surface area contributed by atoms with Crippen molar-refractivity contribution in [2.45, 2.75) is 12.8 Å². The zero-order valence-corrected chi connectivity index (χ0v) is 15.4. The molecule has 1 aliphatic rings. The summed E-state index contributed by atoms with van der Waals surface area (Å²) in [6.07, 6.45) is 1.55. The van der Waals surface area contributed by atoms with Gasteiger partial charge in [-0.3, -0.25) is 20.0 Å². The van der Waals surface area contributed by atoms with Gasteiger partial charge in [-0.05, 0) is 31.0 Å². The molecule has 8 nitrogen and oxygen atoms in total. The molecule has 0 saturated heterocycles. The van der Waals surface area contributed by atoms with Gasteiger partial charge in [-0.15, -0.1) is 0 Å². The Kier molecular flexibility index (Phi) is 4.59. The Balaban J connectivity index is 1.52. The highest BCUT2D eigenvalue weighted by Gasteiger charge is 2.22. The summed E-state index contributed by atoms with van der Waals surface area (Å²) < 4.78 is 5.21. The van der Waals surface area contributed by atoms with Gasteiger partial charge in [-0.2, -0.15) is 5.10 Å². The van der Waals surface area contributed by atoms with Crippen LogP contribution in [-0.4, -0.2) is 40.7 Å². The predicted octanol–water partition coefficient (Wildman–Crippen LogP) is 2.47. The number of fused-ring (bicyclic) bond motifs is 1. The van der Waals surface area contributed by atoms with Gasteiger partial charge in [0.1, 0.15) is 16.3 Å². The molecule has 0 spiro atoms. The van der Waals surface area contributed by atoms with Gasteiger partial charge in [0, 0.05) is 12.1 Å². The highest BCUT2D eigenvalue weighted by molar-refractivity contribution is 7.17. The van der Waals surface area contributed by atoms with Crippen molar-refractivity contribution in [1.82, 2.24) is 20.5 Å². The summed E-state index contributed by atoms with van der Waals surface area (Å²) in [5, 5.41) is 12.9. The number of aromatic amines is 1. The number of nitrogens with zero attached hydrogens (tertiary/aromatic N) is 2. The fourth-order valence-electron chi connectivity index (χ4n) is 2.82. The van der Waals surface area contributed by atoms with Gasteiger partial charge >= 0.3 is 0 Å². The first kappa shape index (κ1) is 17.2. The van der Waals surface area contributed by atoms with Crippen LogP contribution < -0.4 is 15.4 Å². The number of methoxy groups -OCH3 is 1. The van der Waals surface area contributed by atoms with E-state index in [0.717, 1.165) is 17.7 Å². The van der Waals surface area contributed by atoms with Crippen molar-refractivity contribution in [2.24, 2.45) is 0 Å². The van der Waals surface area contributed by atoms with E-state index in [1.807, 2.05) is 24.3 Å². The van der Waals surface area contributed by atoms with Crippen molar-refractivity contribution in [3.05, 3.63) is 46.6 Å². The van der Waals surface area contributed by atoms with Gasteiger partial charge in [0.25, 0.3) is 11.8 Å². The summed E-state index contributed by atoms with van der Waals surface area (Å²) in [5.41, 5.74) is 2.50. The van der Waals surface area contributed by atoms with E-state index < -0.39 is 0 Å². The fourth-order valence-corrected chi connectivity index (χ4v) is 3.75. The number of amides is 2. The first-order valence-electron chi connectivity index (χ1n) is 8.43. The van der Waals surface area contributed by atoms with Crippen LogP contribution in [0.15, 0.2) is 30.3 Å². The molecule has 1 aromatic carbocycles. The largest absolute Gasteiger partial charge is 0.497 e. The zero-order valence-electron chi connectivity index (χ0n) is 14.5. The number of hydrogen-bond donors (Lipinski definition) is 3. The zero-order chi connectivity index (χ0) is 18.8. The number of ether oxygens (including phenoxy) is 1. The predicted molar refractivity (Wildman–Crippen MR) is 101 cm³/mol. The van der Waals surface area contributed by atoms with E-state index in [2.05, 4.69) is 25.8 Å². The molecule has 138 valence electrons. The van der Waals surface area contributed by atoms with E-state index >= 15 is 0 Å². The maximum absolute atomic E-state index is 12.5. The van der Waals surface area contributed by atoms with Crippen molar-refractivity contribution in [2.75, 3.05) is 19.0 Å². The highest BCUT2D eigenvalue weighted by Crippen LogP contribution is 2.26. The Morgan fingerprint density at radius 3 is 3.07 bits per heavy atom. The number of carbonyl (C=O) groups is 2. The first-order valence-corrected chi connectivity index (χ1v) is 9.25. The van der Waals surface area contributed by atoms with Gasteiger partial charge in [0.15, 0.2) is 5.13 Å². The summed E-state index contributed by atoms with van der Waals surface area (Å²) in [4.78, 5) is 29.5. The van der Waals surface area contributed by atoms with Crippen LogP contribution in [0.3, 0.4) is 0 Å². The number of hydrogen-bond acceptors (Lipinski definition) is 6. The molecule has 2 aromatic heterocycles. The number of carbonyl (C=O) groups excluding carboxylic acids is 2. The second kappa shape index (κ2) is 7.20. The van der Waals surface area contributed by atoms with Gasteiger partial charge in [0.05, 0.1) is 18.5 Å². The quantitative estimate of drug-likeness (QED) is 0.641. The molecule has 0 fully saturated rings. The molecule has 0 unspecified atom stereocenters. The van der Waals surface area contributed by atoms with Crippen molar-refractivity contribution < 1.29 is 14.3 Å². The lowest BCUT2D eigenvalue weighted by Gasteiger charge is -2.01. The lowest BCUT2D eigenvalue weighted by atomic mass is 10.1. The van der Waals surface area contributed by atoms with E-state index in [1.165, 1.54) is 11.3 Å². The Morgan fingerprint density at radius 2 is 2.22 bits per heavy atom. The topological polar surface area (TPSA) is 109 Å². The van der Waals surface area contributed by atoms with E-state index in [4.69, 9.17) is 4.74 Å². The first-order chi connectivity index (χ1) is 13.1. The van der Waals surface area contributed by atoms with Crippen LogP contribution in [0.1, 0.15) is 32.3 Å². The molecule has 27 heavy (non-hydrogen) atoms. The molecule has 3 N–H and O–H groups in total. The third-order valence-corrected chi connectivity index (χ3v) is 5.20. The molecule has 9 heteroatoms. The lowest BCUT2D eigenvalue weighted by Crippen LogP contribution is -2.21. The fraction of sp³-hybridized carbons (Fsp3) is 0.222. The molecule has 0 saturated carbocycles. The molecule has 0 bridgehead atoms. The van der Waals surface area contributed by atoms with Crippen LogP contribution in [0.4, 0.5) is 5.13 Å². The molecular weight excluding hydrogens is 366 g/mol. The Hall–Kier alpha value is -3.20. The lowest BCUT2D eigenvalue weighted by molar-refractivity contribution is 0.0958. The van der Waals surface area contributed by atoms with E-state index in [-0.39, 0.29) is 11.8 Å². The van der Waals surface area contributed by atoms with Crippen molar-refractivity contribution in [3.63, 3.8) is 0 Å². The second-order valence-electron chi connectivity index (χ2n) is 6.01. The van der Waals surface area contributed by atoms with E-state index in [0.29, 0.717) is 40.1 Å². The number of rotatable bonds is 4. The summed E-state index contributed by atoms with van der Waals surface area (Å²) in [6.45, 7) is 0.644. The van der Waals surface area contributed by atoms with Gasteiger partial charge in [-0.25, -0.2) is 4.98 Å². The van der Waals surface area contributed by atoms with Crippen LogP contribution in [0, 0.1) is 0 Å². The smallest absolute Gasteiger partial charge is 0.275 e. The number of aromatic nitrogens is 3. The highest BCUT2D eigenvalue weighted by atomic mass is 32.1. The summed E-state index contributed by atoms with van der Waals surface area (Å²) in [5.74, 6) is 0.215. The molecule has 0 atom stereocenters. The Bertz CT molecular complexity index is 1010. The molecule has 3 heterocycles. The SMILES string of the molecule is COc1cccc(-c2cc(C(=O)Nc3nc4c(s3)C(=O)NCCC4)[nH]n2)c1. The molecule has 1 aliphatic heterocycles. The molecule has 2 amide bonds. The minimum Gasteiger partial charge on any atom is -0.497 e. The minimum absolute atomic E-state index is 0.137. The van der Waals surface area contributed by atoms with Gasteiger partial charge < -0.3 is 10.1 Å². The maximum Gasteiger partial charge on any atom is 0.275 e. The molecule has 4 rings (SSSR count). The van der Waals surface area contributed by atoms with Crippen molar-refractivity contribution in [3.8, 4) is 17.0 Å². The number of nitrogens with one attached hydrogen (secondary N) is 3. The molecular formula is C18H17N5O3S. The Labute approximate surface area is 159 Å². The van der Waals surface area contributed by atoms with E-state index in [1.54, 1.807) is 13.2 Å². The Morgan fingerprint density at radius 1 is 1.33 bits per heavy atom. The van der Waals surface area contributed by atoms with Crippen LogP contribution in [0.2, 0.25) is 0 Å². The molecule has 3 aromatic rings. The maximum atomic E-state index is 12.5. The van der Waals surface area contributed by atoms with Crippen LogP contribution in [0.25, 0.3) is 11.3 Å². The number of aryl methyl sites for hydroxylation is 1. The van der Waals surface area contributed by atoms with Crippen LogP contribution in [0.5, 0.6) is 5.75 Å². The number of thiazole rings is 1. The second-order valence-corrected chi connectivity index (χ2v) is 7.01. The summed E-state index contributed by atoms with van der Waals surface area (Å²) in [6, 6.07) is 9.09. The summed E-state index contributed by atoms with van der Waals surface area (Å²) in [7, 11) is 1.60. The monoisotopic (exact) mass is 383 g/mol. The van der Waals surface area contributed by atoms with Crippen molar-refractivity contribution >= 4 is 28.3 Å². The standard InChI is InChI=1S/C18H17N5O3S/c1-26-11-5-2-4-10(8-11)13-9-14(23-22-13)16(24)21-18-20-12-6-3-7-19-17(25)15(12)27-18/h2,4-5,8-9H,3,6-7H2,1H3,(H,19,25)(H,22,23)(H,20,21,24). The molecule has 0 radical (unpaired) electrons. The normalized spacial score (nSPS) is 13.4. The van der Waals surface area contributed by atoms with Crippen LogP contribution in [-0.2, 0) is 6.42 Å². The number of anilines is 1. The number of H-pyrrole nitrogens is 1. The molecule has 0 aliphatic carbocycles. The van der Waals surface area contributed by atoms with E-state index in [9.17, 15) is 9.59 Å². The average molecular weight is 383 g/mol. The third-order valence-electron chi connectivity index (χ3n) is 4.19. The van der Waals surface area contributed by atoms with Gasteiger partial charge in [-0.1, -0.05) is 23.5 Å². The average Bonchev–Trinajstić information content (AvgIpc) is 3.29.